The standard InChI is InChI=1S/C15H24N4O2/c1-12-16-13(14-3-4-18(14)5-8-20-2)11-15(17-12)19-6-9-21-10-7-19/h11,14H,3-10H2,1-2H3/t14-/m1/s1. The minimum Gasteiger partial charge on any atom is -0.383 e. The lowest BCUT2D eigenvalue weighted by atomic mass is 9.99. The number of aromatic nitrogens is 2. The number of anilines is 1. The average molecular weight is 292 g/mol. The third-order valence-electron chi connectivity index (χ3n) is 4.23. The van der Waals surface area contributed by atoms with Crippen LogP contribution in [0.25, 0.3) is 0 Å². The van der Waals surface area contributed by atoms with E-state index < -0.39 is 0 Å². The Hall–Kier alpha value is -1.24. The summed E-state index contributed by atoms with van der Waals surface area (Å²) in [6.45, 7) is 8.23. The minimum absolute atomic E-state index is 0.418. The molecule has 3 rings (SSSR count). The van der Waals surface area contributed by atoms with E-state index in [1.807, 2.05) is 6.92 Å². The maximum absolute atomic E-state index is 5.42. The lowest BCUT2D eigenvalue weighted by molar-refractivity contribution is 0.0528. The van der Waals surface area contributed by atoms with Crippen LogP contribution in [0.15, 0.2) is 6.07 Å². The predicted molar refractivity (Wildman–Crippen MR) is 80.6 cm³/mol. The number of hydrogen-bond donors (Lipinski definition) is 0. The summed E-state index contributed by atoms with van der Waals surface area (Å²) >= 11 is 0. The van der Waals surface area contributed by atoms with Crippen LogP contribution in [0.3, 0.4) is 0 Å². The zero-order valence-corrected chi connectivity index (χ0v) is 12.9. The van der Waals surface area contributed by atoms with Crippen LogP contribution in [0.4, 0.5) is 5.82 Å². The number of methoxy groups -OCH3 is 1. The Bertz CT molecular complexity index is 477. The van der Waals surface area contributed by atoms with Gasteiger partial charge in [-0.15, -0.1) is 0 Å². The number of morpholine rings is 1. The molecule has 2 aliphatic rings. The number of likely N-dealkylation sites (tertiary alicyclic amines) is 1. The van der Waals surface area contributed by atoms with Gasteiger partial charge in [-0.3, -0.25) is 4.90 Å². The molecule has 0 saturated carbocycles. The van der Waals surface area contributed by atoms with Crippen molar-refractivity contribution in [3.05, 3.63) is 17.6 Å². The Morgan fingerprint density at radius 3 is 2.76 bits per heavy atom. The first kappa shape index (κ1) is 14.7. The molecule has 0 aliphatic carbocycles. The topological polar surface area (TPSA) is 50.7 Å². The zero-order valence-electron chi connectivity index (χ0n) is 12.9. The number of ether oxygens (including phenoxy) is 2. The van der Waals surface area contributed by atoms with E-state index in [9.17, 15) is 0 Å². The smallest absolute Gasteiger partial charge is 0.132 e. The molecule has 1 atom stereocenters. The molecule has 0 radical (unpaired) electrons. The SMILES string of the molecule is COCCN1CC[C@@H]1c1cc(N2CCOCC2)nc(C)n1. The van der Waals surface area contributed by atoms with Crippen molar-refractivity contribution < 1.29 is 9.47 Å². The van der Waals surface area contributed by atoms with Gasteiger partial charge in [0.15, 0.2) is 0 Å². The second-order valence-corrected chi connectivity index (χ2v) is 5.63. The first-order chi connectivity index (χ1) is 10.3. The minimum atomic E-state index is 0.418. The molecule has 0 spiro atoms. The van der Waals surface area contributed by atoms with Crippen LogP contribution >= 0.6 is 0 Å². The number of aryl methyl sites for hydroxylation is 1. The maximum atomic E-state index is 5.42. The molecule has 3 heterocycles. The third-order valence-corrected chi connectivity index (χ3v) is 4.23. The Kier molecular flexibility index (Phi) is 4.67. The molecule has 0 aromatic carbocycles. The van der Waals surface area contributed by atoms with Gasteiger partial charge >= 0.3 is 0 Å². The maximum Gasteiger partial charge on any atom is 0.132 e. The van der Waals surface area contributed by atoms with Gasteiger partial charge in [0.2, 0.25) is 0 Å². The van der Waals surface area contributed by atoms with Crippen molar-refractivity contribution in [3.63, 3.8) is 0 Å². The summed E-state index contributed by atoms with van der Waals surface area (Å²) < 4.78 is 10.6. The lowest BCUT2D eigenvalue weighted by Crippen LogP contribution is -2.43. The van der Waals surface area contributed by atoms with Crippen molar-refractivity contribution in [2.45, 2.75) is 19.4 Å². The summed E-state index contributed by atoms with van der Waals surface area (Å²) in [5.74, 6) is 1.90. The molecule has 1 aromatic rings. The molecule has 0 unspecified atom stereocenters. The fraction of sp³-hybridized carbons (Fsp3) is 0.733. The molecule has 0 amide bonds. The van der Waals surface area contributed by atoms with E-state index in [4.69, 9.17) is 9.47 Å². The lowest BCUT2D eigenvalue weighted by Gasteiger charge is -2.40. The molecule has 6 nitrogen and oxygen atoms in total. The summed E-state index contributed by atoms with van der Waals surface area (Å²) in [5, 5.41) is 0. The molecular formula is C15H24N4O2. The van der Waals surface area contributed by atoms with E-state index >= 15 is 0 Å². The first-order valence-corrected chi connectivity index (χ1v) is 7.69. The highest BCUT2D eigenvalue weighted by atomic mass is 16.5. The van der Waals surface area contributed by atoms with Gasteiger partial charge in [0, 0.05) is 39.4 Å². The average Bonchev–Trinajstić information content (AvgIpc) is 2.47. The third kappa shape index (κ3) is 3.33. The summed E-state index contributed by atoms with van der Waals surface area (Å²) in [7, 11) is 1.75. The van der Waals surface area contributed by atoms with E-state index in [2.05, 4.69) is 25.8 Å². The Labute approximate surface area is 126 Å². The van der Waals surface area contributed by atoms with Gasteiger partial charge in [-0.2, -0.15) is 0 Å². The predicted octanol–water partition coefficient (Wildman–Crippen LogP) is 1.01. The van der Waals surface area contributed by atoms with Crippen molar-refractivity contribution in [1.82, 2.24) is 14.9 Å². The molecule has 1 aromatic heterocycles. The summed E-state index contributed by atoms with van der Waals surface area (Å²) in [5.41, 5.74) is 1.14. The molecule has 0 N–H and O–H groups in total. The van der Waals surface area contributed by atoms with Gasteiger partial charge in [0.05, 0.1) is 31.6 Å². The Morgan fingerprint density at radius 2 is 2.10 bits per heavy atom. The molecule has 2 aliphatic heterocycles. The normalized spacial score (nSPS) is 23.1. The highest BCUT2D eigenvalue weighted by Crippen LogP contribution is 2.33. The molecular weight excluding hydrogens is 268 g/mol. The largest absolute Gasteiger partial charge is 0.383 e. The highest BCUT2D eigenvalue weighted by molar-refractivity contribution is 5.41. The van der Waals surface area contributed by atoms with Crippen LogP contribution in [-0.2, 0) is 9.47 Å². The van der Waals surface area contributed by atoms with Gasteiger partial charge < -0.3 is 14.4 Å². The Balaban J connectivity index is 1.74. The molecule has 6 heteroatoms. The molecule has 116 valence electrons. The van der Waals surface area contributed by atoms with E-state index in [1.54, 1.807) is 7.11 Å². The van der Waals surface area contributed by atoms with Crippen LogP contribution in [-0.4, -0.2) is 68.0 Å². The fourth-order valence-corrected chi connectivity index (χ4v) is 2.95. The fourth-order valence-electron chi connectivity index (χ4n) is 2.95. The van der Waals surface area contributed by atoms with Crippen LogP contribution in [0.5, 0.6) is 0 Å². The van der Waals surface area contributed by atoms with E-state index in [0.29, 0.717) is 6.04 Å². The van der Waals surface area contributed by atoms with Crippen molar-refractivity contribution >= 4 is 5.82 Å². The molecule has 21 heavy (non-hydrogen) atoms. The van der Waals surface area contributed by atoms with E-state index in [1.165, 1.54) is 6.42 Å². The second kappa shape index (κ2) is 6.68. The molecule has 2 fully saturated rings. The number of nitrogens with zero attached hydrogens (tertiary/aromatic N) is 4. The van der Waals surface area contributed by atoms with Crippen LogP contribution < -0.4 is 4.90 Å². The van der Waals surface area contributed by atoms with Crippen LogP contribution in [0, 0.1) is 6.92 Å². The van der Waals surface area contributed by atoms with Crippen LogP contribution in [0.2, 0.25) is 0 Å². The van der Waals surface area contributed by atoms with Crippen molar-refractivity contribution in [3.8, 4) is 0 Å². The molecule has 0 bridgehead atoms. The van der Waals surface area contributed by atoms with Gasteiger partial charge in [0.25, 0.3) is 0 Å². The van der Waals surface area contributed by atoms with Crippen molar-refractivity contribution in [1.29, 1.82) is 0 Å². The molecule has 2 saturated heterocycles. The van der Waals surface area contributed by atoms with Crippen molar-refractivity contribution in [2.75, 3.05) is 58.0 Å². The zero-order chi connectivity index (χ0) is 14.7. The van der Waals surface area contributed by atoms with Crippen LogP contribution in [0.1, 0.15) is 24.0 Å². The monoisotopic (exact) mass is 292 g/mol. The van der Waals surface area contributed by atoms with E-state index in [0.717, 1.165) is 63.3 Å². The summed E-state index contributed by atoms with van der Waals surface area (Å²) in [6.07, 6.45) is 1.17. The Morgan fingerprint density at radius 1 is 1.29 bits per heavy atom. The highest BCUT2D eigenvalue weighted by Gasteiger charge is 2.31. The van der Waals surface area contributed by atoms with Crippen molar-refractivity contribution in [2.24, 2.45) is 0 Å². The number of rotatable bonds is 5. The first-order valence-electron chi connectivity index (χ1n) is 7.69. The van der Waals surface area contributed by atoms with Gasteiger partial charge in [-0.1, -0.05) is 0 Å². The van der Waals surface area contributed by atoms with Gasteiger partial charge in [-0.05, 0) is 13.3 Å². The van der Waals surface area contributed by atoms with Gasteiger partial charge in [-0.25, -0.2) is 9.97 Å². The number of hydrogen-bond acceptors (Lipinski definition) is 6. The van der Waals surface area contributed by atoms with Gasteiger partial charge in [0.1, 0.15) is 11.6 Å². The summed E-state index contributed by atoms with van der Waals surface area (Å²) in [4.78, 5) is 14.0. The quantitative estimate of drug-likeness (QED) is 0.807. The second-order valence-electron chi connectivity index (χ2n) is 5.63. The van der Waals surface area contributed by atoms with E-state index in [-0.39, 0.29) is 0 Å². The summed E-state index contributed by atoms with van der Waals surface area (Å²) in [6, 6.07) is 2.57.